The molecule has 2 atom stereocenters. The van der Waals surface area contributed by atoms with Crippen molar-refractivity contribution in [3.8, 4) is 0 Å². The Kier molecular flexibility index (Phi) is 6.82. The topological polar surface area (TPSA) is 80.4 Å². The maximum atomic E-state index is 10.6. The van der Waals surface area contributed by atoms with Crippen LogP contribution in [0.1, 0.15) is 18.4 Å². The van der Waals surface area contributed by atoms with E-state index in [1.807, 2.05) is 24.3 Å². The lowest BCUT2D eigenvalue weighted by Crippen LogP contribution is -2.33. The molecule has 1 aromatic carbocycles. The lowest BCUT2D eigenvalue weighted by Gasteiger charge is -2.18. The SMILES string of the molecule is NC(CCS(=O)(=O)O)C(S)CCc1ccc(Br)cc1. The minimum absolute atomic E-state index is 0.0922. The predicted molar refractivity (Wildman–Crippen MR) is 84.2 cm³/mol. The van der Waals surface area contributed by atoms with Crippen LogP contribution in [-0.4, -0.2) is 30.0 Å². The molecule has 4 nitrogen and oxygen atoms in total. The molecule has 0 heterocycles. The van der Waals surface area contributed by atoms with E-state index in [0.717, 1.165) is 17.3 Å². The monoisotopic (exact) mass is 367 g/mol. The first kappa shape index (κ1) is 17.0. The molecule has 0 aliphatic heterocycles. The third-order valence-electron chi connectivity index (χ3n) is 2.85. The van der Waals surface area contributed by atoms with Gasteiger partial charge in [-0.05, 0) is 37.0 Å². The second-order valence-corrected chi connectivity index (χ2v) is 7.62. The van der Waals surface area contributed by atoms with Crippen LogP contribution in [0.15, 0.2) is 28.7 Å². The summed E-state index contributed by atoms with van der Waals surface area (Å²) in [7, 11) is -3.94. The van der Waals surface area contributed by atoms with Gasteiger partial charge < -0.3 is 5.73 Å². The van der Waals surface area contributed by atoms with Gasteiger partial charge in [-0.3, -0.25) is 4.55 Å². The molecule has 0 spiro atoms. The molecule has 7 heteroatoms. The number of rotatable bonds is 7. The van der Waals surface area contributed by atoms with Crippen LogP contribution < -0.4 is 5.73 Å². The average Bonchev–Trinajstić information content (AvgIpc) is 2.34. The van der Waals surface area contributed by atoms with Gasteiger partial charge in [-0.25, -0.2) is 0 Å². The minimum Gasteiger partial charge on any atom is -0.327 e. The van der Waals surface area contributed by atoms with Gasteiger partial charge in [-0.1, -0.05) is 28.1 Å². The minimum atomic E-state index is -3.94. The number of benzene rings is 1. The number of hydrogen-bond donors (Lipinski definition) is 3. The van der Waals surface area contributed by atoms with Crippen molar-refractivity contribution in [3.63, 3.8) is 0 Å². The van der Waals surface area contributed by atoms with Gasteiger partial charge in [0.2, 0.25) is 0 Å². The molecule has 0 aromatic heterocycles. The highest BCUT2D eigenvalue weighted by Crippen LogP contribution is 2.16. The van der Waals surface area contributed by atoms with E-state index in [9.17, 15) is 8.42 Å². The second-order valence-electron chi connectivity index (χ2n) is 4.47. The molecule has 0 bridgehead atoms. The highest BCUT2D eigenvalue weighted by atomic mass is 79.9. The fraction of sp³-hybridized carbons (Fsp3) is 0.500. The van der Waals surface area contributed by atoms with Crippen molar-refractivity contribution in [2.24, 2.45) is 5.73 Å². The van der Waals surface area contributed by atoms with Gasteiger partial charge in [0, 0.05) is 15.8 Å². The molecule has 2 unspecified atom stereocenters. The Labute approximate surface area is 128 Å². The van der Waals surface area contributed by atoms with E-state index in [4.69, 9.17) is 10.3 Å². The van der Waals surface area contributed by atoms with Crippen LogP contribution >= 0.6 is 28.6 Å². The Hall–Kier alpha value is -0.0800. The smallest absolute Gasteiger partial charge is 0.264 e. The van der Waals surface area contributed by atoms with Crippen LogP contribution in [0.5, 0.6) is 0 Å². The molecule has 1 aromatic rings. The van der Waals surface area contributed by atoms with E-state index >= 15 is 0 Å². The first-order chi connectivity index (χ1) is 8.78. The van der Waals surface area contributed by atoms with Crippen LogP contribution in [0.25, 0.3) is 0 Å². The summed E-state index contributed by atoms with van der Waals surface area (Å²) in [4.78, 5) is 0. The van der Waals surface area contributed by atoms with Gasteiger partial charge in [0.05, 0.1) is 5.75 Å². The first-order valence-corrected chi connectivity index (χ1v) is 8.83. The standard InChI is InChI=1S/C12H18BrNO3S2/c13-10-4-1-9(2-5-10)3-6-12(18)11(14)7-8-19(15,16)17/h1-2,4-5,11-12,18H,3,6-8,14H2,(H,15,16,17). The summed E-state index contributed by atoms with van der Waals surface area (Å²) in [5.41, 5.74) is 7.04. The summed E-state index contributed by atoms with van der Waals surface area (Å²) in [5.74, 6) is -0.316. The van der Waals surface area contributed by atoms with E-state index in [1.54, 1.807) is 0 Å². The molecular formula is C12H18BrNO3S2. The van der Waals surface area contributed by atoms with Crippen molar-refractivity contribution in [2.45, 2.75) is 30.6 Å². The van der Waals surface area contributed by atoms with Crippen molar-refractivity contribution < 1.29 is 13.0 Å². The van der Waals surface area contributed by atoms with E-state index in [2.05, 4.69) is 28.6 Å². The average molecular weight is 368 g/mol. The number of thiol groups is 1. The number of hydrogen-bond acceptors (Lipinski definition) is 4. The second kappa shape index (κ2) is 7.64. The highest BCUT2D eigenvalue weighted by Gasteiger charge is 2.16. The number of halogens is 1. The van der Waals surface area contributed by atoms with E-state index < -0.39 is 10.1 Å². The van der Waals surface area contributed by atoms with Crippen LogP contribution in [0.2, 0.25) is 0 Å². The Balaban J connectivity index is 2.38. The van der Waals surface area contributed by atoms with Crippen LogP contribution in [0.4, 0.5) is 0 Å². The summed E-state index contributed by atoms with van der Waals surface area (Å²) in [6.45, 7) is 0. The fourth-order valence-corrected chi connectivity index (χ4v) is 2.77. The lowest BCUT2D eigenvalue weighted by atomic mass is 10.0. The summed E-state index contributed by atoms with van der Waals surface area (Å²) in [6, 6.07) is 7.64. The van der Waals surface area contributed by atoms with Gasteiger partial charge in [0.1, 0.15) is 0 Å². The molecule has 0 amide bonds. The largest absolute Gasteiger partial charge is 0.327 e. The summed E-state index contributed by atoms with van der Waals surface area (Å²) in [5, 5.41) is -0.0922. The molecule has 19 heavy (non-hydrogen) atoms. The van der Waals surface area contributed by atoms with Crippen molar-refractivity contribution in [1.82, 2.24) is 0 Å². The third-order valence-corrected chi connectivity index (χ3v) is 4.77. The molecule has 0 saturated carbocycles. The zero-order chi connectivity index (χ0) is 14.5. The van der Waals surface area contributed by atoms with Gasteiger partial charge in [0.15, 0.2) is 0 Å². The molecule has 1 rings (SSSR count). The molecule has 108 valence electrons. The van der Waals surface area contributed by atoms with E-state index in [1.165, 1.54) is 5.56 Å². The quantitative estimate of drug-likeness (QED) is 0.510. The highest BCUT2D eigenvalue weighted by molar-refractivity contribution is 9.10. The Morgan fingerprint density at radius 1 is 1.26 bits per heavy atom. The van der Waals surface area contributed by atoms with Crippen molar-refractivity contribution in [3.05, 3.63) is 34.3 Å². The lowest BCUT2D eigenvalue weighted by molar-refractivity contribution is 0.474. The van der Waals surface area contributed by atoms with Gasteiger partial charge >= 0.3 is 0 Å². The van der Waals surface area contributed by atoms with Crippen molar-refractivity contribution in [1.29, 1.82) is 0 Å². The number of nitrogens with two attached hydrogens (primary N) is 1. The fourth-order valence-electron chi connectivity index (χ4n) is 1.66. The van der Waals surface area contributed by atoms with Gasteiger partial charge in [-0.2, -0.15) is 21.0 Å². The molecule has 3 N–H and O–H groups in total. The normalized spacial score (nSPS) is 15.2. The molecule has 0 radical (unpaired) electrons. The van der Waals surface area contributed by atoms with E-state index in [0.29, 0.717) is 0 Å². The first-order valence-electron chi connectivity index (χ1n) is 5.91. The number of aryl methyl sites for hydroxylation is 1. The Morgan fingerprint density at radius 3 is 2.37 bits per heavy atom. The molecular weight excluding hydrogens is 350 g/mol. The molecule has 0 aliphatic rings. The van der Waals surface area contributed by atoms with Crippen LogP contribution in [0.3, 0.4) is 0 Å². The van der Waals surface area contributed by atoms with E-state index in [-0.39, 0.29) is 23.5 Å². The molecule has 0 fully saturated rings. The Morgan fingerprint density at radius 2 is 1.84 bits per heavy atom. The zero-order valence-corrected chi connectivity index (χ0v) is 13.7. The predicted octanol–water partition coefficient (Wildman–Crippen LogP) is 2.29. The molecule has 0 saturated heterocycles. The maximum absolute atomic E-state index is 10.6. The molecule has 0 aliphatic carbocycles. The summed E-state index contributed by atoms with van der Waals surface area (Å²) < 4.78 is 31.0. The van der Waals surface area contributed by atoms with Crippen molar-refractivity contribution in [2.75, 3.05) is 5.75 Å². The van der Waals surface area contributed by atoms with Crippen LogP contribution in [0, 0.1) is 0 Å². The van der Waals surface area contributed by atoms with Crippen molar-refractivity contribution >= 4 is 38.7 Å². The van der Waals surface area contributed by atoms with Crippen LogP contribution in [-0.2, 0) is 16.5 Å². The van der Waals surface area contributed by atoms with Gasteiger partial charge in [0.25, 0.3) is 10.1 Å². The van der Waals surface area contributed by atoms with Gasteiger partial charge in [-0.15, -0.1) is 0 Å². The Bertz CT molecular complexity index is 490. The summed E-state index contributed by atoms with van der Waals surface area (Å²) >= 11 is 7.77. The third kappa shape index (κ3) is 7.31. The zero-order valence-electron chi connectivity index (χ0n) is 10.4. The maximum Gasteiger partial charge on any atom is 0.264 e. The summed E-state index contributed by atoms with van der Waals surface area (Å²) in [6.07, 6.45) is 1.81.